The summed E-state index contributed by atoms with van der Waals surface area (Å²) in [4.78, 5) is 12.2. The maximum absolute atomic E-state index is 12.2. The third-order valence-corrected chi connectivity index (χ3v) is 3.85. The molecule has 1 unspecified atom stereocenters. The number of ether oxygens (including phenoxy) is 4. The fourth-order valence-corrected chi connectivity index (χ4v) is 2.53. The summed E-state index contributed by atoms with van der Waals surface area (Å²) in [6.45, 7) is 0. The lowest BCUT2D eigenvalue weighted by atomic mass is 10.1. The molecule has 5 heteroatoms. The summed E-state index contributed by atoms with van der Waals surface area (Å²) in [5, 5.41) is 0. The Morgan fingerprint density at radius 2 is 1.33 bits per heavy atom. The van der Waals surface area contributed by atoms with Gasteiger partial charge in [0.25, 0.3) is 0 Å². The van der Waals surface area contributed by atoms with Crippen LogP contribution in [0, 0.1) is 0 Å². The average Bonchev–Trinajstić information content (AvgIpc) is 2.72. The lowest BCUT2D eigenvalue weighted by molar-refractivity contribution is -0.149. The molecule has 0 amide bonds. The molecule has 27 heavy (non-hydrogen) atoms. The molecule has 3 aromatic rings. The molecular formula is C22H20O5. The van der Waals surface area contributed by atoms with E-state index in [2.05, 4.69) is 0 Å². The SMILES string of the molecule is COC(=O)C(Oc1cccc(Oc2cccc(OC)c2)c1)c1ccccc1. The summed E-state index contributed by atoms with van der Waals surface area (Å²) in [5.74, 6) is 1.95. The van der Waals surface area contributed by atoms with Crippen LogP contribution >= 0.6 is 0 Å². The second-order valence-corrected chi connectivity index (χ2v) is 5.69. The molecule has 0 saturated heterocycles. The Labute approximate surface area is 158 Å². The minimum Gasteiger partial charge on any atom is -0.497 e. The van der Waals surface area contributed by atoms with Gasteiger partial charge >= 0.3 is 5.97 Å². The second kappa shape index (κ2) is 8.76. The van der Waals surface area contributed by atoms with Gasteiger partial charge in [-0.25, -0.2) is 4.79 Å². The van der Waals surface area contributed by atoms with E-state index in [-0.39, 0.29) is 0 Å². The molecule has 0 aliphatic rings. The highest BCUT2D eigenvalue weighted by Gasteiger charge is 2.23. The molecule has 3 rings (SSSR count). The third-order valence-electron chi connectivity index (χ3n) is 3.85. The second-order valence-electron chi connectivity index (χ2n) is 5.69. The number of hydrogen-bond acceptors (Lipinski definition) is 5. The molecular weight excluding hydrogens is 344 g/mol. The largest absolute Gasteiger partial charge is 0.497 e. The van der Waals surface area contributed by atoms with Crippen molar-refractivity contribution in [2.75, 3.05) is 14.2 Å². The molecule has 0 N–H and O–H groups in total. The number of carbonyl (C=O) groups excluding carboxylic acids is 1. The number of rotatable bonds is 7. The first-order chi connectivity index (χ1) is 13.2. The zero-order valence-electron chi connectivity index (χ0n) is 15.1. The van der Waals surface area contributed by atoms with Crippen molar-refractivity contribution in [2.24, 2.45) is 0 Å². The number of benzene rings is 3. The van der Waals surface area contributed by atoms with E-state index in [4.69, 9.17) is 18.9 Å². The molecule has 0 saturated carbocycles. The van der Waals surface area contributed by atoms with Crippen molar-refractivity contribution in [3.8, 4) is 23.0 Å². The van der Waals surface area contributed by atoms with Gasteiger partial charge in [0.1, 0.15) is 23.0 Å². The molecule has 0 bridgehead atoms. The quantitative estimate of drug-likeness (QED) is 0.565. The van der Waals surface area contributed by atoms with Crippen LogP contribution in [0.5, 0.6) is 23.0 Å². The summed E-state index contributed by atoms with van der Waals surface area (Å²) >= 11 is 0. The molecule has 0 aliphatic carbocycles. The fourth-order valence-electron chi connectivity index (χ4n) is 2.53. The van der Waals surface area contributed by atoms with Crippen molar-refractivity contribution in [3.63, 3.8) is 0 Å². The third kappa shape index (κ3) is 4.79. The van der Waals surface area contributed by atoms with Gasteiger partial charge in [-0.3, -0.25) is 0 Å². The minimum atomic E-state index is -0.858. The maximum Gasteiger partial charge on any atom is 0.351 e. The van der Waals surface area contributed by atoms with Crippen molar-refractivity contribution >= 4 is 5.97 Å². The van der Waals surface area contributed by atoms with Gasteiger partial charge in [-0.1, -0.05) is 42.5 Å². The summed E-state index contributed by atoms with van der Waals surface area (Å²) in [6, 6.07) is 23.6. The first-order valence-electron chi connectivity index (χ1n) is 8.41. The van der Waals surface area contributed by atoms with Crippen molar-refractivity contribution in [2.45, 2.75) is 6.10 Å². The van der Waals surface area contributed by atoms with Crippen molar-refractivity contribution in [3.05, 3.63) is 84.4 Å². The van der Waals surface area contributed by atoms with E-state index in [9.17, 15) is 4.79 Å². The van der Waals surface area contributed by atoms with E-state index in [1.165, 1.54) is 7.11 Å². The molecule has 0 aromatic heterocycles. The van der Waals surface area contributed by atoms with Gasteiger partial charge in [0, 0.05) is 17.7 Å². The van der Waals surface area contributed by atoms with Crippen molar-refractivity contribution < 1.29 is 23.7 Å². The standard InChI is InChI=1S/C22H20O5/c1-24-17-10-6-11-18(14-17)26-19-12-7-13-20(15-19)27-21(22(23)25-2)16-8-4-3-5-9-16/h3-15,21H,1-2H3. The summed E-state index contributed by atoms with van der Waals surface area (Å²) < 4.78 is 21.8. The van der Waals surface area contributed by atoms with Crippen LogP contribution in [-0.4, -0.2) is 20.2 Å². The van der Waals surface area contributed by atoms with E-state index >= 15 is 0 Å². The van der Waals surface area contributed by atoms with Crippen LogP contribution in [0.3, 0.4) is 0 Å². The molecule has 138 valence electrons. The number of carbonyl (C=O) groups is 1. The summed E-state index contributed by atoms with van der Waals surface area (Å²) in [7, 11) is 2.94. The molecule has 0 spiro atoms. The number of methoxy groups -OCH3 is 2. The van der Waals surface area contributed by atoms with Gasteiger partial charge in [-0.15, -0.1) is 0 Å². The Morgan fingerprint density at radius 3 is 1.96 bits per heavy atom. The van der Waals surface area contributed by atoms with E-state index in [1.54, 1.807) is 31.4 Å². The maximum atomic E-state index is 12.2. The van der Waals surface area contributed by atoms with Gasteiger partial charge in [0.15, 0.2) is 0 Å². The van der Waals surface area contributed by atoms with Crippen LogP contribution in [0.2, 0.25) is 0 Å². The van der Waals surface area contributed by atoms with Gasteiger partial charge < -0.3 is 18.9 Å². The zero-order chi connectivity index (χ0) is 19.1. The zero-order valence-corrected chi connectivity index (χ0v) is 15.1. The fraction of sp³-hybridized carbons (Fsp3) is 0.136. The van der Waals surface area contributed by atoms with Crippen LogP contribution in [0.4, 0.5) is 0 Å². The van der Waals surface area contributed by atoms with Gasteiger partial charge in [-0.05, 0) is 24.3 Å². The molecule has 3 aromatic carbocycles. The number of hydrogen-bond donors (Lipinski definition) is 0. The Bertz CT molecular complexity index is 892. The topological polar surface area (TPSA) is 54.0 Å². The van der Waals surface area contributed by atoms with E-state index in [0.717, 1.165) is 0 Å². The first kappa shape index (κ1) is 18.3. The lowest BCUT2D eigenvalue weighted by Crippen LogP contribution is -2.20. The van der Waals surface area contributed by atoms with Crippen LogP contribution in [-0.2, 0) is 9.53 Å². The molecule has 5 nitrogen and oxygen atoms in total. The van der Waals surface area contributed by atoms with Crippen LogP contribution < -0.4 is 14.2 Å². The molecule has 0 heterocycles. The smallest absolute Gasteiger partial charge is 0.351 e. The minimum absolute atomic E-state index is 0.472. The summed E-state index contributed by atoms with van der Waals surface area (Å²) in [6.07, 6.45) is -0.858. The highest BCUT2D eigenvalue weighted by molar-refractivity contribution is 5.76. The Hall–Kier alpha value is -3.47. The van der Waals surface area contributed by atoms with Crippen LogP contribution in [0.1, 0.15) is 11.7 Å². The number of esters is 1. The van der Waals surface area contributed by atoms with Crippen molar-refractivity contribution in [1.29, 1.82) is 0 Å². The highest BCUT2D eigenvalue weighted by atomic mass is 16.6. The van der Waals surface area contributed by atoms with E-state index < -0.39 is 12.1 Å². The Kier molecular flexibility index (Phi) is 5.94. The average molecular weight is 364 g/mol. The molecule has 0 radical (unpaired) electrons. The predicted molar refractivity (Wildman–Crippen MR) is 101 cm³/mol. The predicted octanol–water partition coefficient (Wildman–Crippen LogP) is 4.78. The molecule has 0 fully saturated rings. The van der Waals surface area contributed by atoms with Gasteiger partial charge in [0.2, 0.25) is 6.10 Å². The van der Waals surface area contributed by atoms with Gasteiger partial charge in [-0.2, -0.15) is 0 Å². The molecule has 1 atom stereocenters. The van der Waals surface area contributed by atoms with Crippen LogP contribution in [0.15, 0.2) is 78.9 Å². The van der Waals surface area contributed by atoms with Crippen molar-refractivity contribution in [1.82, 2.24) is 0 Å². The molecule has 0 aliphatic heterocycles. The monoisotopic (exact) mass is 364 g/mol. The highest BCUT2D eigenvalue weighted by Crippen LogP contribution is 2.30. The summed E-state index contributed by atoms with van der Waals surface area (Å²) in [5.41, 5.74) is 0.712. The van der Waals surface area contributed by atoms with E-state index in [0.29, 0.717) is 28.6 Å². The Morgan fingerprint density at radius 1 is 0.741 bits per heavy atom. The lowest BCUT2D eigenvalue weighted by Gasteiger charge is -2.18. The van der Waals surface area contributed by atoms with Gasteiger partial charge in [0.05, 0.1) is 14.2 Å². The van der Waals surface area contributed by atoms with E-state index in [1.807, 2.05) is 54.6 Å². The van der Waals surface area contributed by atoms with Crippen LogP contribution in [0.25, 0.3) is 0 Å². The Balaban J connectivity index is 1.80. The first-order valence-corrected chi connectivity index (χ1v) is 8.41. The normalized spacial score (nSPS) is 11.3.